The highest BCUT2D eigenvalue weighted by Crippen LogP contribution is 2.28. The van der Waals surface area contributed by atoms with Gasteiger partial charge in [0.1, 0.15) is 17.4 Å². The smallest absolute Gasteiger partial charge is 0.266 e. The van der Waals surface area contributed by atoms with Gasteiger partial charge in [-0.05, 0) is 37.3 Å². The molecule has 136 valence electrons. The molecule has 7 nitrogen and oxygen atoms in total. The van der Waals surface area contributed by atoms with Crippen LogP contribution in [0.2, 0.25) is 10.0 Å². The van der Waals surface area contributed by atoms with Gasteiger partial charge in [0.05, 0.1) is 11.2 Å². The van der Waals surface area contributed by atoms with E-state index in [-0.39, 0.29) is 11.4 Å². The Labute approximate surface area is 165 Å². The molecule has 0 radical (unpaired) electrons. The van der Waals surface area contributed by atoms with Crippen molar-refractivity contribution in [1.29, 1.82) is 5.26 Å². The van der Waals surface area contributed by atoms with Gasteiger partial charge in [-0.1, -0.05) is 29.3 Å². The van der Waals surface area contributed by atoms with Crippen LogP contribution in [0.25, 0.3) is 5.82 Å². The minimum Gasteiger partial charge on any atom is -0.479 e. The SMILES string of the molecule is CC(Oc1ccc(Cl)cc1Cl)C(=O)Nc1c(C#N)cnn1-c1ccccn1. The minimum absolute atomic E-state index is 0.200. The maximum absolute atomic E-state index is 12.6. The van der Waals surface area contributed by atoms with Crippen molar-refractivity contribution in [3.63, 3.8) is 0 Å². The van der Waals surface area contributed by atoms with Gasteiger partial charge in [0.2, 0.25) is 0 Å². The van der Waals surface area contributed by atoms with Crippen LogP contribution in [0.3, 0.4) is 0 Å². The molecule has 1 unspecified atom stereocenters. The van der Waals surface area contributed by atoms with Gasteiger partial charge in [-0.25, -0.2) is 4.98 Å². The molecule has 9 heteroatoms. The molecule has 1 N–H and O–H groups in total. The van der Waals surface area contributed by atoms with E-state index in [0.29, 0.717) is 21.6 Å². The average Bonchev–Trinajstić information content (AvgIpc) is 3.07. The summed E-state index contributed by atoms with van der Waals surface area (Å²) >= 11 is 11.9. The standard InChI is InChI=1S/C18H13Cl2N5O2/c1-11(27-15-6-5-13(19)8-14(15)20)18(26)24-17-12(9-21)10-23-25(17)16-4-2-3-7-22-16/h2-8,10-11H,1H3,(H,24,26). The Hall–Kier alpha value is -3.08. The predicted molar refractivity (Wildman–Crippen MR) is 101 cm³/mol. The largest absolute Gasteiger partial charge is 0.479 e. The molecule has 0 fully saturated rings. The zero-order valence-electron chi connectivity index (χ0n) is 14.1. The summed E-state index contributed by atoms with van der Waals surface area (Å²) in [4.78, 5) is 16.7. The maximum atomic E-state index is 12.6. The summed E-state index contributed by atoms with van der Waals surface area (Å²) in [7, 11) is 0. The monoisotopic (exact) mass is 401 g/mol. The lowest BCUT2D eigenvalue weighted by atomic mass is 10.3. The van der Waals surface area contributed by atoms with Gasteiger partial charge in [-0.15, -0.1) is 0 Å². The second kappa shape index (κ2) is 8.08. The highest BCUT2D eigenvalue weighted by atomic mass is 35.5. The van der Waals surface area contributed by atoms with Crippen molar-refractivity contribution in [2.24, 2.45) is 0 Å². The molecule has 1 aromatic carbocycles. The number of amides is 1. The molecule has 2 heterocycles. The van der Waals surface area contributed by atoms with Crippen molar-refractivity contribution in [2.75, 3.05) is 5.32 Å². The molecule has 3 rings (SSSR count). The summed E-state index contributed by atoms with van der Waals surface area (Å²) in [6.45, 7) is 1.56. The van der Waals surface area contributed by atoms with E-state index in [9.17, 15) is 10.1 Å². The van der Waals surface area contributed by atoms with Crippen molar-refractivity contribution >= 4 is 34.9 Å². The number of pyridine rings is 1. The lowest BCUT2D eigenvalue weighted by Gasteiger charge is -2.16. The number of benzene rings is 1. The molecular weight excluding hydrogens is 389 g/mol. The summed E-state index contributed by atoms with van der Waals surface area (Å²) < 4.78 is 6.97. The molecule has 0 aliphatic heterocycles. The lowest BCUT2D eigenvalue weighted by molar-refractivity contribution is -0.122. The normalized spacial score (nSPS) is 11.5. The van der Waals surface area contributed by atoms with Crippen LogP contribution in [0, 0.1) is 11.3 Å². The molecule has 1 atom stereocenters. The number of anilines is 1. The van der Waals surface area contributed by atoms with Gasteiger partial charge >= 0.3 is 0 Å². The number of carbonyl (C=O) groups excluding carboxylic acids is 1. The second-order valence-electron chi connectivity index (χ2n) is 5.44. The average molecular weight is 402 g/mol. The predicted octanol–water partition coefficient (Wildman–Crippen LogP) is 3.85. The molecule has 0 aliphatic carbocycles. The van der Waals surface area contributed by atoms with Gasteiger partial charge in [-0.2, -0.15) is 15.0 Å². The van der Waals surface area contributed by atoms with Crippen LogP contribution in [-0.2, 0) is 4.79 Å². The molecule has 2 aromatic heterocycles. The first kappa shape index (κ1) is 18.7. The van der Waals surface area contributed by atoms with E-state index in [1.165, 1.54) is 16.9 Å². The summed E-state index contributed by atoms with van der Waals surface area (Å²) in [5.74, 6) is 0.514. The molecule has 0 saturated heterocycles. The number of ether oxygens (including phenoxy) is 1. The Morgan fingerprint density at radius 2 is 2.15 bits per heavy atom. The number of hydrogen-bond donors (Lipinski definition) is 1. The van der Waals surface area contributed by atoms with Crippen molar-refractivity contribution < 1.29 is 9.53 Å². The fourth-order valence-corrected chi connectivity index (χ4v) is 2.69. The van der Waals surface area contributed by atoms with E-state index in [2.05, 4.69) is 15.4 Å². The molecule has 3 aromatic rings. The highest BCUT2D eigenvalue weighted by molar-refractivity contribution is 6.35. The van der Waals surface area contributed by atoms with Crippen molar-refractivity contribution in [3.8, 4) is 17.6 Å². The molecule has 1 amide bonds. The molecule has 0 spiro atoms. The van der Waals surface area contributed by atoms with E-state index in [1.54, 1.807) is 43.5 Å². The number of carbonyl (C=O) groups is 1. The fraction of sp³-hybridized carbons (Fsp3) is 0.111. The number of aromatic nitrogens is 3. The van der Waals surface area contributed by atoms with Crippen molar-refractivity contribution in [1.82, 2.24) is 14.8 Å². The topological polar surface area (TPSA) is 92.8 Å². The first-order valence-electron chi connectivity index (χ1n) is 7.81. The van der Waals surface area contributed by atoms with E-state index in [0.717, 1.165) is 0 Å². The Kier molecular flexibility index (Phi) is 5.60. The van der Waals surface area contributed by atoms with Crippen LogP contribution >= 0.6 is 23.2 Å². The minimum atomic E-state index is -0.887. The number of hydrogen-bond acceptors (Lipinski definition) is 5. The number of nitrogens with zero attached hydrogens (tertiary/aromatic N) is 4. The molecule has 0 aliphatic rings. The summed E-state index contributed by atoms with van der Waals surface area (Å²) in [5, 5.41) is 16.8. The van der Waals surface area contributed by atoms with E-state index < -0.39 is 12.0 Å². The van der Waals surface area contributed by atoms with Crippen LogP contribution in [0.15, 0.2) is 48.8 Å². The summed E-state index contributed by atoms with van der Waals surface area (Å²) in [5.41, 5.74) is 0.200. The zero-order valence-corrected chi connectivity index (χ0v) is 15.6. The Balaban J connectivity index is 1.81. The maximum Gasteiger partial charge on any atom is 0.266 e. The number of rotatable bonds is 5. The zero-order chi connectivity index (χ0) is 19.4. The van der Waals surface area contributed by atoms with Crippen LogP contribution in [0.1, 0.15) is 12.5 Å². The first-order valence-corrected chi connectivity index (χ1v) is 8.57. The van der Waals surface area contributed by atoms with Crippen LogP contribution < -0.4 is 10.1 Å². The van der Waals surface area contributed by atoms with Crippen molar-refractivity contribution in [2.45, 2.75) is 13.0 Å². The molecule has 0 saturated carbocycles. The Morgan fingerprint density at radius 1 is 1.33 bits per heavy atom. The van der Waals surface area contributed by atoms with Gasteiger partial charge in [0.15, 0.2) is 17.7 Å². The van der Waals surface area contributed by atoms with Crippen LogP contribution in [-0.4, -0.2) is 26.8 Å². The summed E-state index contributed by atoms with van der Waals surface area (Å²) in [6.07, 6.45) is 2.05. The Bertz CT molecular complexity index is 1010. The fourth-order valence-electron chi connectivity index (χ4n) is 2.24. The van der Waals surface area contributed by atoms with Gasteiger partial charge < -0.3 is 10.1 Å². The second-order valence-corrected chi connectivity index (χ2v) is 6.29. The first-order chi connectivity index (χ1) is 13.0. The Morgan fingerprint density at radius 3 is 2.81 bits per heavy atom. The number of nitriles is 1. The van der Waals surface area contributed by atoms with Gasteiger partial charge in [0.25, 0.3) is 5.91 Å². The number of nitrogens with one attached hydrogen (secondary N) is 1. The van der Waals surface area contributed by atoms with E-state index in [4.69, 9.17) is 27.9 Å². The van der Waals surface area contributed by atoms with Crippen LogP contribution in [0.4, 0.5) is 5.82 Å². The van der Waals surface area contributed by atoms with E-state index >= 15 is 0 Å². The molecular formula is C18H13Cl2N5O2. The molecule has 27 heavy (non-hydrogen) atoms. The molecule has 0 bridgehead atoms. The third-order valence-corrected chi connectivity index (χ3v) is 4.09. The quantitative estimate of drug-likeness (QED) is 0.700. The van der Waals surface area contributed by atoms with Gasteiger partial charge in [0, 0.05) is 11.2 Å². The highest BCUT2D eigenvalue weighted by Gasteiger charge is 2.21. The third kappa shape index (κ3) is 4.19. The number of halogens is 2. The van der Waals surface area contributed by atoms with Crippen molar-refractivity contribution in [3.05, 3.63) is 64.4 Å². The van der Waals surface area contributed by atoms with Gasteiger partial charge in [-0.3, -0.25) is 4.79 Å². The lowest BCUT2D eigenvalue weighted by Crippen LogP contribution is -2.31. The van der Waals surface area contributed by atoms with Crippen LogP contribution in [0.5, 0.6) is 5.75 Å². The third-order valence-electron chi connectivity index (χ3n) is 3.56. The van der Waals surface area contributed by atoms with E-state index in [1.807, 2.05) is 6.07 Å². The summed E-state index contributed by atoms with van der Waals surface area (Å²) in [6, 6.07) is 11.9.